The lowest BCUT2D eigenvalue weighted by molar-refractivity contribution is -0.385. The van der Waals surface area contributed by atoms with E-state index in [1.165, 1.54) is 25.3 Å². The number of nitrogens with zero attached hydrogens (tertiary/aromatic N) is 1. The number of benzene rings is 1. The van der Waals surface area contributed by atoms with Gasteiger partial charge in [-0.2, -0.15) is 0 Å². The smallest absolute Gasteiger partial charge is 0.311 e. The molecule has 0 bridgehead atoms. The Bertz CT molecular complexity index is 499. The lowest BCUT2D eigenvalue weighted by atomic mass is 9.82. The van der Waals surface area contributed by atoms with Gasteiger partial charge in [-0.1, -0.05) is 19.3 Å². The van der Waals surface area contributed by atoms with Crippen LogP contribution >= 0.6 is 0 Å². The number of nitrogens with two attached hydrogens (primary N) is 1. The van der Waals surface area contributed by atoms with Gasteiger partial charge in [0.1, 0.15) is 0 Å². The number of ether oxygens (including phenoxy) is 1. The molecule has 0 aromatic heterocycles. The van der Waals surface area contributed by atoms with Gasteiger partial charge in [-0.15, -0.1) is 0 Å². The van der Waals surface area contributed by atoms with Gasteiger partial charge in [0.15, 0.2) is 5.75 Å². The van der Waals surface area contributed by atoms with E-state index in [2.05, 4.69) is 5.32 Å². The van der Waals surface area contributed by atoms with Crippen LogP contribution in [0, 0.1) is 10.1 Å². The molecule has 1 aromatic carbocycles. The van der Waals surface area contributed by atoms with Crippen molar-refractivity contribution in [3.05, 3.63) is 28.3 Å². The van der Waals surface area contributed by atoms with Gasteiger partial charge in [-0.05, 0) is 25.8 Å². The summed E-state index contributed by atoms with van der Waals surface area (Å²) in [4.78, 5) is 10.5. The third kappa shape index (κ3) is 4.07. The number of rotatable bonds is 6. The molecule has 2 rings (SSSR count). The van der Waals surface area contributed by atoms with Crippen molar-refractivity contribution in [1.29, 1.82) is 0 Å². The number of hydrogen-bond acceptors (Lipinski definition) is 5. The number of hydrogen-bond donors (Lipinski definition) is 2. The summed E-state index contributed by atoms with van der Waals surface area (Å²) in [6.45, 7) is 2.88. The topological polar surface area (TPSA) is 90.4 Å². The minimum Gasteiger partial charge on any atom is -0.487 e. The first-order valence-electron chi connectivity index (χ1n) is 7.48. The van der Waals surface area contributed by atoms with Crippen LogP contribution in [0.2, 0.25) is 0 Å². The van der Waals surface area contributed by atoms with Crippen LogP contribution in [0.15, 0.2) is 18.2 Å². The maximum Gasteiger partial charge on any atom is 0.311 e. The summed E-state index contributed by atoms with van der Waals surface area (Å²) in [6.07, 6.45) is 5.63. The van der Waals surface area contributed by atoms with Crippen LogP contribution in [0.25, 0.3) is 0 Å². The fourth-order valence-electron chi connectivity index (χ4n) is 2.76. The summed E-state index contributed by atoms with van der Waals surface area (Å²) in [5.74, 6) is 0.294. The van der Waals surface area contributed by atoms with Gasteiger partial charge in [0, 0.05) is 29.9 Å². The molecule has 1 saturated carbocycles. The van der Waals surface area contributed by atoms with Crippen LogP contribution in [0.5, 0.6) is 5.75 Å². The highest BCUT2D eigenvalue weighted by Crippen LogP contribution is 2.31. The molecule has 1 aliphatic carbocycles. The van der Waals surface area contributed by atoms with Crippen molar-refractivity contribution in [3.63, 3.8) is 0 Å². The first-order chi connectivity index (χ1) is 10.0. The predicted octanol–water partition coefficient (Wildman–Crippen LogP) is 3.07. The fourth-order valence-corrected chi connectivity index (χ4v) is 2.76. The Labute approximate surface area is 124 Å². The highest BCUT2D eigenvalue weighted by molar-refractivity contribution is 5.58. The Morgan fingerprint density at radius 2 is 2.10 bits per heavy atom. The SMILES string of the molecule is CCOc1cc(NCC2(N)CCCCC2)ccc1[N+](=O)[O-]. The quantitative estimate of drug-likeness (QED) is 0.621. The molecule has 0 radical (unpaired) electrons. The second kappa shape index (κ2) is 6.76. The molecule has 6 nitrogen and oxygen atoms in total. The highest BCUT2D eigenvalue weighted by atomic mass is 16.6. The molecule has 21 heavy (non-hydrogen) atoms. The first kappa shape index (κ1) is 15.6. The molecule has 116 valence electrons. The molecule has 0 amide bonds. The largest absolute Gasteiger partial charge is 0.487 e. The first-order valence-corrected chi connectivity index (χ1v) is 7.48. The van der Waals surface area contributed by atoms with Gasteiger partial charge in [0.05, 0.1) is 11.5 Å². The summed E-state index contributed by atoms with van der Waals surface area (Å²) in [6, 6.07) is 4.85. The number of nitrogens with one attached hydrogen (secondary N) is 1. The van der Waals surface area contributed by atoms with Crippen LogP contribution in [0.3, 0.4) is 0 Å². The Morgan fingerprint density at radius 3 is 2.71 bits per heavy atom. The number of nitro benzene ring substituents is 1. The van der Waals surface area contributed by atoms with Crippen molar-refractivity contribution >= 4 is 11.4 Å². The molecule has 6 heteroatoms. The van der Waals surface area contributed by atoms with Crippen molar-refractivity contribution in [2.75, 3.05) is 18.5 Å². The maximum absolute atomic E-state index is 10.9. The summed E-state index contributed by atoms with van der Waals surface area (Å²) >= 11 is 0. The molecule has 1 aromatic rings. The monoisotopic (exact) mass is 293 g/mol. The minimum absolute atomic E-state index is 0.0115. The Balaban J connectivity index is 2.06. The lowest BCUT2D eigenvalue weighted by Gasteiger charge is -2.33. The van der Waals surface area contributed by atoms with Gasteiger partial charge in [-0.3, -0.25) is 10.1 Å². The van der Waals surface area contributed by atoms with Gasteiger partial charge < -0.3 is 15.8 Å². The Hall–Kier alpha value is -1.82. The third-order valence-corrected chi connectivity index (χ3v) is 3.95. The molecule has 0 heterocycles. The molecular formula is C15H23N3O3. The average molecular weight is 293 g/mol. The van der Waals surface area contributed by atoms with Gasteiger partial charge in [0.2, 0.25) is 0 Å². The van der Waals surface area contributed by atoms with E-state index >= 15 is 0 Å². The summed E-state index contributed by atoms with van der Waals surface area (Å²) < 4.78 is 5.34. The zero-order valence-corrected chi connectivity index (χ0v) is 12.4. The summed E-state index contributed by atoms with van der Waals surface area (Å²) in [5, 5.41) is 14.2. The lowest BCUT2D eigenvalue weighted by Crippen LogP contribution is -2.47. The van der Waals surface area contributed by atoms with Crippen molar-refractivity contribution in [1.82, 2.24) is 0 Å². The average Bonchev–Trinajstić information content (AvgIpc) is 2.46. The van der Waals surface area contributed by atoms with Crippen molar-refractivity contribution in [2.24, 2.45) is 5.73 Å². The van der Waals surface area contributed by atoms with Gasteiger partial charge >= 0.3 is 5.69 Å². The van der Waals surface area contributed by atoms with E-state index in [4.69, 9.17) is 10.5 Å². The van der Waals surface area contributed by atoms with Crippen molar-refractivity contribution in [2.45, 2.75) is 44.6 Å². The van der Waals surface area contributed by atoms with Crippen LogP contribution in [-0.4, -0.2) is 23.6 Å². The van der Waals surface area contributed by atoms with Crippen LogP contribution in [-0.2, 0) is 0 Å². The normalized spacial score (nSPS) is 17.2. The van der Waals surface area contributed by atoms with E-state index in [1.54, 1.807) is 19.1 Å². The second-order valence-corrected chi connectivity index (χ2v) is 5.65. The summed E-state index contributed by atoms with van der Waals surface area (Å²) in [7, 11) is 0. The van der Waals surface area contributed by atoms with Crippen LogP contribution in [0.4, 0.5) is 11.4 Å². The molecule has 1 fully saturated rings. The zero-order valence-electron chi connectivity index (χ0n) is 12.4. The zero-order chi connectivity index (χ0) is 15.3. The summed E-state index contributed by atoms with van der Waals surface area (Å²) in [5.41, 5.74) is 7.00. The predicted molar refractivity (Wildman–Crippen MR) is 82.8 cm³/mol. The molecule has 0 unspecified atom stereocenters. The second-order valence-electron chi connectivity index (χ2n) is 5.65. The van der Waals surface area contributed by atoms with E-state index in [0.717, 1.165) is 18.5 Å². The number of anilines is 1. The Morgan fingerprint density at radius 1 is 1.38 bits per heavy atom. The highest BCUT2D eigenvalue weighted by Gasteiger charge is 2.27. The third-order valence-electron chi connectivity index (χ3n) is 3.95. The van der Waals surface area contributed by atoms with Crippen LogP contribution in [0.1, 0.15) is 39.0 Å². The molecule has 0 atom stereocenters. The molecule has 0 saturated heterocycles. The molecule has 3 N–H and O–H groups in total. The minimum atomic E-state index is -0.430. The Kier molecular flexibility index (Phi) is 5.01. The van der Waals surface area contributed by atoms with E-state index in [1.807, 2.05) is 0 Å². The van der Waals surface area contributed by atoms with Crippen molar-refractivity contribution in [3.8, 4) is 5.75 Å². The van der Waals surface area contributed by atoms with Gasteiger partial charge in [0.25, 0.3) is 0 Å². The van der Waals surface area contributed by atoms with Gasteiger partial charge in [-0.25, -0.2) is 0 Å². The standard InChI is InChI=1S/C15H23N3O3/c1-2-21-14-10-12(6-7-13(14)18(19)20)17-11-15(16)8-4-3-5-9-15/h6-7,10,17H,2-5,8-9,11,16H2,1H3. The van der Waals surface area contributed by atoms with E-state index < -0.39 is 4.92 Å². The molecule has 0 spiro atoms. The fraction of sp³-hybridized carbons (Fsp3) is 0.600. The maximum atomic E-state index is 10.9. The van der Waals surface area contributed by atoms with Crippen LogP contribution < -0.4 is 15.8 Å². The molecule has 0 aliphatic heterocycles. The molecular weight excluding hydrogens is 270 g/mol. The number of nitro groups is 1. The van der Waals surface area contributed by atoms with E-state index in [-0.39, 0.29) is 11.2 Å². The molecule has 1 aliphatic rings. The van der Waals surface area contributed by atoms with E-state index in [0.29, 0.717) is 18.9 Å². The van der Waals surface area contributed by atoms with E-state index in [9.17, 15) is 10.1 Å². The van der Waals surface area contributed by atoms with Crippen molar-refractivity contribution < 1.29 is 9.66 Å².